The van der Waals surface area contributed by atoms with Crippen molar-refractivity contribution in [2.45, 2.75) is 0 Å². The fourth-order valence-corrected chi connectivity index (χ4v) is 3.04. The lowest BCUT2D eigenvalue weighted by atomic mass is 10.3. The third-order valence-corrected chi connectivity index (χ3v) is 4.09. The minimum absolute atomic E-state index is 0.541. The summed E-state index contributed by atoms with van der Waals surface area (Å²) in [5, 5.41) is 8.44. The van der Waals surface area contributed by atoms with Crippen LogP contribution in [0.2, 0.25) is 0 Å². The van der Waals surface area contributed by atoms with Crippen molar-refractivity contribution in [2.75, 3.05) is 5.32 Å². The number of halogens is 1. The fourth-order valence-electron chi connectivity index (χ4n) is 2.44. The van der Waals surface area contributed by atoms with Gasteiger partial charge in [0.05, 0.1) is 5.39 Å². The largest absolute Gasteiger partial charge is 0.439 e. The Bertz CT molecular complexity index is 1030. The van der Waals surface area contributed by atoms with Gasteiger partial charge in [-0.15, -0.1) is 0 Å². The highest BCUT2D eigenvalue weighted by molar-refractivity contribution is 9.10. The smallest absolute Gasteiger partial charge is 0.219 e. The number of ether oxygens (including phenoxy) is 1. The number of rotatable bonds is 4. The molecule has 124 valence electrons. The Kier molecular flexibility index (Phi) is 4.02. The number of nitrogens with zero attached hydrogens (tertiary/aromatic N) is 5. The highest BCUT2D eigenvalue weighted by Gasteiger charge is 2.13. The van der Waals surface area contributed by atoms with Crippen molar-refractivity contribution in [3.63, 3.8) is 0 Å². The molecule has 0 aliphatic rings. The summed E-state index contributed by atoms with van der Waals surface area (Å²) in [5.41, 5.74) is 1.58. The average Bonchev–Trinajstić information content (AvgIpc) is 2.91. The van der Waals surface area contributed by atoms with Crippen LogP contribution in [-0.2, 0) is 7.05 Å². The Morgan fingerprint density at radius 2 is 2.00 bits per heavy atom. The van der Waals surface area contributed by atoms with Gasteiger partial charge in [-0.3, -0.25) is 0 Å². The monoisotopic (exact) mass is 396 g/mol. The summed E-state index contributed by atoms with van der Waals surface area (Å²) in [4.78, 5) is 12.8. The number of fused-ring (bicyclic) bond motifs is 1. The highest BCUT2D eigenvalue weighted by atomic mass is 79.9. The molecule has 0 saturated heterocycles. The Morgan fingerprint density at radius 3 is 2.84 bits per heavy atom. The van der Waals surface area contributed by atoms with Gasteiger partial charge in [0.2, 0.25) is 5.88 Å². The van der Waals surface area contributed by atoms with Gasteiger partial charge in [0.1, 0.15) is 22.5 Å². The summed E-state index contributed by atoms with van der Waals surface area (Å²) in [6, 6.07) is 13.1. The molecule has 0 aliphatic carbocycles. The Hall–Kier alpha value is -3.00. The number of aromatic nitrogens is 5. The topological polar surface area (TPSA) is 77.8 Å². The quantitative estimate of drug-likeness (QED) is 0.560. The number of hydrogen-bond donors (Lipinski definition) is 1. The van der Waals surface area contributed by atoms with Crippen LogP contribution in [-0.4, -0.2) is 24.7 Å². The zero-order chi connectivity index (χ0) is 17.2. The van der Waals surface area contributed by atoms with Gasteiger partial charge in [0.25, 0.3) is 0 Å². The molecule has 0 amide bonds. The summed E-state index contributed by atoms with van der Waals surface area (Å²) >= 11 is 3.46. The molecule has 8 heteroatoms. The van der Waals surface area contributed by atoms with Gasteiger partial charge in [-0.2, -0.15) is 5.10 Å². The molecule has 0 unspecified atom stereocenters. The summed E-state index contributed by atoms with van der Waals surface area (Å²) in [5.74, 6) is 1.89. The number of anilines is 2. The van der Waals surface area contributed by atoms with E-state index in [1.54, 1.807) is 16.9 Å². The fraction of sp³-hybridized carbons (Fsp3) is 0.0588. The standard InChI is InChI=1S/C17H13BrN6O/c1-24-17-14(15(18)23-24)16(20-10-21-17)22-11-5-4-6-12(9-11)25-13-7-2-3-8-19-13/h2-10H,1H3,(H,20,21,22). The lowest BCUT2D eigenvalue weighted by Gasteiger charge is -2.09. The molecule has 0 radical (unpaired) electrons. The minimum Gasteiger partial charge on any atom is -0.439 e. The number of hydrogen-bond acceptors (Lipinski definition) is 6. The Morgan fingerprint density at radius 1 is 1.08 bits per heavy atom. The molecule has 1 aromatic carbocycles. The highest BCUT2D eigenvalue weighted by Crippen LogP contribution is 2.30. The summed E-state index contributed by atoms with van der Waals surface area (Å²) in [6.07, 6.45) is 3.20. The lowest BCUT2D eigenvalue weighted by Crippen LogP contribution is -1.97. The van der Waals surface area contributed by atoms with Crippen LogP contribution in [0.5, 0.6) is 11.6 Å². The molecule has 0 saturated carbocycles. The molecule has 25 heavy (non-hydrogen) atoms. The first-order valence-electron chi connectivity index (χ1n) is 7.50. The Labute approximate surface area is 151 Å². The van der Waals surface area contributed by atoms with E-state index in [1.807, 2.05) is 43.4 Å². The van der Waals surface area contributed by atoms with E-state index in [-0.39, 0.29) is 0 Å². The van der Waals surface area contributed by atoms with Gasteiger partial charge in [-0.05, 0) is 34.1 Å². The molecular formula is C17H13BrN6O. The number of nitrogens with one attached hydrogen (secondary N) is 1. The molecule has 4 rings (SSSR count). The molecule has 0 fully saturated rings. The van der Waals surface area contributed by atoms with E-state index in [4.69, 9.17) is 4.74 Å². The molecule has 3 aromatic heterocycles. The van der Waals surface area contributed by atoms with E-state index in [0.717, 1.165) is 16.7 Å². The van der Waals surface area contributed by atoms with Crippen LogP contribution >= 0.6 is 15.9 Å². The molecule has 0 atom stereocenters. The molecule has 0 bridgehead atoms. The maximum atomic E-state index is 5.76. The van der Waals surface area contributed by atoms with E-state index in [1.165, 1.54) is 6.33 Å². The number of pyridine rings is 1. The maximum absolute atomic E-state index is 5.76. The molecule has 0 aliphatic heterocycles. The van der Waals surface area contributed by atoms with Crippen molar-refractivity contribution in [1.29, 1.82) is 0 Å². The lowest BCUT2D eigenvalue weighted by molar-refractivity contribution is 0.463. The zero-order valence-electron chi connectivity index (χ0n) is 13.2. The average molecular weight is 397 g/mol. The van der Waals surface area contributed by atoms with Crippen molar-refractivity contribution in [2.24, 2.45) is 7.05 Å². The first kappa shape index (κ1) is 15.5. The van der Waals surface area contributed by atoms with Crippen LogP contribution in [0.4, 0.5) is 11.5 Å². The predicted molar refractivity (Wildman–Crippen MR) is 98.0 cm³/mol. The Balaban J connectivity index is 1.65. The van der Waals surface area contributed by atoms with Crippen LogP contribution in [0.25, 0.3) is 11.0 Å². The van der Waals surface area contributed by atoms with Gasteiger partial charge in [-0.25, -0.2) is 19.6 Å². The van der Waals surface area contributed by atoms with E-state index in [2.05, 4.69) is 41.3 Å². The van der Waals surface area contributed by atoms with E-state index in [9.17, 15) is 0 Å². The van der Waals surface area contributed by atoms with Crippen LogP contribution in [0.1, 0.15) is 0 Å². The van der Waals surface area contributed by atoms with Crippen LogP contribution in [0, 0.1) is 0 Å². The molecule has 0 spiro atoms. The second-order valence-corrected chi connectivity index (χ2v) is 6.01. The van der Waals surface area contributed by atoms with Crippen LogP contribution in [0.3, 0.4) is 0 Å². The van der Waals surface area contributed by atoms with Crippen molar-refractivity contribution in [3.05, 3.63) is 59.6 Å². The van der Waals surface area contributed by atoms with Crippen molar-refractivity contribution >= 4 is 38.5 Å². The minimum atomic E-state index is 0.541. The second-order valence-electron chi connectivity index (χ2n) is 5.26. The second kappa shape index (κ2) is 6.48. The van der Waals surface area contributed by atoms with Gasteiger partial charge < -0.3 is 10.1 Å². The summed E-state index contributed by atoms with van der Waals surface area (Å²) in [6.45, 7) is 0. The third-order valence-electron chi connectivity index (χ3n) is 3.53. The third kappa shape index (κ3) is 3.16. The first-order chi connectivity index (χ1) is 12.2. The van der Waals surface area contributed by atoms with Gasteiger partial charge in [0.15, 0.2) is 5.65 Å². The molecular weight excluding hydrogens is 384 g/mol. The zero-order valence-corrected chi connectivity index (χ0v) is 14.8. The number of benzene rings is 1. The van der Waals surface area contributed by atoms with E-state index < -0.39 is 0 Å². The molecule has 3 heterocycles. The molecule has 4 aromatic rings. The van der Waals surface area contributed by atoms with Crippen LogP contribution in [0.15, 0.2) is 59.6 Å². The van der Waals surface area contributed by atoms with Crippen molar-refractivity contribution in [3.8, 4) is 11.6 Å². The number of aryl methyl sites for hydroxylation is 1. The molecule has 1 N–H and O–H groups in total. The molecule has 7 nitrogen and oxygen atoms in total. The van der Waals surface area contributed by atoms with Gasteiger partial charge in [-0.1, -0.05) is 12.1 Å². The van der Waals surface area contributed by atoms with Gasteiger partial charge in [0, 0.05) is 31.1 Å². The predicted octanol–water partition coefficient (Wildman–Crippen LogP) is 4.06. The van der Waals surface area contributed by atoms with Crippen LogP contribution < -0.4 is 10.1 Å². The van der Waals surface area contributed by atoms with Gasteiger partial charge >= 0.3 is 0 Å². The first-order valence-corrected chi connectivity index (χ1v) is 8.29. The van der Waals surface area contributed by atoms with Crippen molar-refractivity contribution in [1.82, 2.24) is 24.7 Å². The maximum Gasteiger partial charge on any atom is 0.219 e. The van der Waals surface area contributed by atoms with E-state index >= 15 is 0 Å². The van der Waals surface area contributed by atoms with Crippen molar-refractivity contribution < 1.29 is 4.74 Å². The SMILES string of the molecule is Cn1nc(Br)c2c(Nc3cccc(Oc4ccccn4)c3)ncnc21. The van der Waals surface area contributed by atoms with E-state index in [0.29, 0.717) is 22.1 Å². The summed E-state index contributed by atoms with van der Waals surface area (Å²) in [7, 11) is 1.84. The summed E-state index contributed by atoms with van der Waals surface area (Å²) < 4.78 is 8.15. The normalized spacial score (nSPS) is 10.8.